The van der Waals surface area contributed by atoms with E-state index in [4.69, 9.17) is 14.2 Å². The quantitative estimate of drug-likeness (QED) is 0.0261. The first-order chi connectivity index (χ1) is 40.0. The predicted octanol–water partition coefficient (Wildman–Crippen LogP) is 23.8. The standard InChI is InChI=1S/C75H128O6/c1-4-7-10-13-16-19-22-24-26-28-29-30-31-32-33-34-35-36-37-38-39-40-41-42-43-44-45-47-48-50-53-56-59-62-65-68-74(77)80-71-72(70-79-73(76)67-64-61-58-55-52-21-18-15-12-9-6-3)81-75(78)69-66-63-60-57-54-51-49-46-27-25-23-20-17-14-11-8-5-2/h7-8,10-11,15-20,24-27,29-30,32-33,72H,4-6,9,12-14,21-23,28,31,34-71H2,1-3H3/b10-7-,11-8-,18-15-,19-16-,20-17-,26-24-,27-25-,30-29-,33-32-. The van der Waals surface area contributed by atoms with Crippen molar-refractivity contribution in [2.24, 2.45) is 0 Å². The van der Waals surface area contributed by atoms with Crippen LogP contribution >= 0.6 is 0 Å². The van der Waals surface area contributed by atoms with Crippen molar-refractivity contribution in [2.75, 3.05) is 13.2 Å². The maximum Gasteiger partial charge on any atom is 0.306 e. The van der Waals surface area contributed by atoms with Crippen LogP contribution in [0.25, 0.3) is 0 Å². The summed E-state index contributed by atoms with van der Waals surface area (Å²) in [6, 6.07) is 0. The van der Waals surface area contributed by atoms with Crippen LogP contribution in [0.1, 0.15) is 329 Å². The summed E-state index contributed by atoms with van der Waals surface area (Å²) >= 11 is 0. The Morgan fingerprint density at radius 3 is 0.765 bits per heavy atom. The molecule has 0 aliphatic rings. The molecule has 0 aliphatic heterocycles. The van der Waals surface area contributed by atoms with E-state index in [0.29, 0.717) is 19.3 Å². The zero-order valence-corrected chi connectivity index (χ0v) is 53.3. The van der Waals surface area contributed by atoms with Crippen LogP contribution in [0.3, 0.4) is 0 Å². The highest BCUT2D eigenvalue weighted by Crippen LogP contribution is 2.17. The van der Waals surface area contributed by atoms with Gasteiger partial charge in [-0.15, -0.1) is 0 Å². The molecule has 1 unspecified atom stereocenters. The Morgan fingerprint density at radius 1 is 0.259 bits per heavy atom. The van der Waals surface area contributed by atoms with Gasteiger partial charge in [0.1, 0.15) is 13.2 Å². The van der Waals surface area contributed by atoms with Crippen LogP contribution in [0, 0.1) is 0 Å². The Hall–Kier alpha value is -3.93. The van der Waals surface area contributed by atoms with E-state index in [2.05, 4.69) is 130 Å². The summed E-state index contributed by atoms with van der Waals surface area (Å²) in [5, 5.41) is 0. The molecular formula is C75H128O6. The van der Waals surface area contributed by atoms with E-state index >= 15 is 0 Å². The molecule has 0 aromatic rings. The summed E-state index contributed by atoms with van der Waals surface area (Å²) in [7, 11) is 0. The minimum atomic E-state index is -0.786. The Bertz CT molecular complexity index is 1620. The number of hydrogen-bond donors (Lipinski definition) is 0. The molecular weight excluding hydrogens is 997 g/mol. The molecule has 1 atom stereocenters. The molecule has 0 amide bonds. The molecule has 0 saturated heterocycles. The molecule has 6 nitrogen and oxygen atoms in total. The van der Waals surface area contributed by atoms with Gasteiger partial charge in [0, 0.05) is 19.3 Å². The van der Waals surface area contributed by atoms with Crippen LogP contribution in [0.4, 0.5) is 0 Å². The van der Waals surface area contributed by atoms with Crippen molar-refractivity contribution in [3.63, 3.8) is 0 Å². The smallest absolute Gasteiger partial charge is 0.306 e. The Kier molecular flexibility index (Phi) is 65.2. The molecule has 0 rings (SSSR count). The summed E-state index contributed by atoms with van der Waals surface area (Å²) in [4.78, 5) is 38.3. The van der Waals surface area contributed by atoms with Crippen molar-refractivity contribution in [1.82, 2.24) is 0 Å². The third-order valence-electron chi connectivity index (χ3n) is 14.7. The van der Waals surface area contributed by atoms with Crippen LogP contribution in [0.2, 0.25) is 0 Å². The van der Waals surface area contributed by atoms with E-state index in [-0.39, 0.29) is 31.1 Å². The van der Waals surface area contributed by atoms with Gasteiger partial charge >= 0.3 is 17.9 Å². The number of esters is 3. The fourth-order valence-electron chi connectivity index (χ4n) is 9.64. The highest BCUT2D eigenvalue weighted by molar-refractivity contribution is 5.71. The minimum Gasteiger partial charge on any atom is -0.462 e. The van der Waals surface area contributed by atoms with Gasteiger partial charge in [0.2, 0.25) is 0 Å². The van der Waals surface area contributed by atoms with Crippen LogP contribution < -0.4 is 0 Å². The van der Waals surface area contributed by atoms with Gasteiger partial charge in [-0.1, -0.05) is 304 Å². The average molecular weight is 1130 g/mol. The first-order valence-electron chi connectivity index (χ1n) is 34.4. The van der Waals surface area contributed by atoms with E-state index < -0.39 is 6.10 Å². The van der Waals surface area contributed by atoms with E-state index in [1.54, 1.807) is 0 Å². The highest BCUT2D eigenvalue weighted by Gasteiger charge is 2.19. The molecule has 0 aromatic carbocycles. The van der Waals surface area contributed by atoms with Crippen molar-refractivity contribution in [2.45, 2.75) is 335 Å². The molecule has 6 heteroatoms. The molecule has 464 valence electrons. The lowest BCUT2D eigenvalue weighted by Crippen LogP contribution is -2.30. The Morgan fingerprint density at radius 2 is 0.481 bits per heavy atom. The van der Waals surface area contributed by atoms with Gasteiger partial charge in [-0.2, -0.15) is 0 Å². The average Bonchev–Trinajstić information content (AvgIpc) is 3.47. The Labute approximate surface area is 501 Å². The topological polar surface area (TPSA) is 78.9 Å². The lowest BCUT2D eigenvalue weighted by atomic mass is 10.0. The second-order valence-corrected chi connectivity index (χ2v) is 22.7. The van der Waals surface area contributed by atoms with Crippen LogP contribution in [0.15, 0.2) is 109 Å². The fraction of sp³-hybridized carbons (Fsp3) is 0.720. The van der Waals surface area contributed by atoms with E-state index in [0.717, 1.165) is 122 Å². The number of unbranched alkanes of at least 4 members (excludes halogenated alkanes) is 33. The number of carbonyl (C=O) groups excluding carboxylic acids is 3. The summed E-state index contributed by atoms with van der Waals surface area (Å²) < 4.78 is 16.9. The Balaban J connectivity index is 4.10. The molecule has 0 N–H and O–H groups in total. The summed E-state index contributed by atoms with van der Waals surface area (Å²) in [5.41, 5.74) is 0. The summed E-state index contributed by atoms with van der Waals surface area (Å²) in [6.45, 7) is 6.39. The number of carbonyl (C=O) groups is 3. The lowest BCUT2D eigenvalue weighted by molar-refractivity contribution is -0.167. The molecule has 0 spiro atoms. The van der Waals surface area contributed by atoms with Gasteiger partial charge in [0.05, 0.1) is 0 Å². The van der Waals surface area contributed by atoms with Crippen molar-refractivity contribution in [1.29, 1.82) is 0 Å². The van der Waals surface area contributed by atoms with E-state index in [1.807, 2.05) is 0 Å². The van der Waals surface area contributed by atoms with Gasteiger partial charge in [0.15, 0.2) is 6.10 Å². The third-order valence-corrected chi connectivity index (χ3v) is 14.7. The van der Waals surface area contributed by atoms with Gasteiger partial charge in [-0.05, 0) is 116 Å². The first-order valence-corrected chi connectivity index (χ1v) is 34.4. The van der Waals surface area contributed by atoms with Crippen molar-refractivity contribution < 1.29 is 28.6 Å². The highest BCUT2D eigenvalue weighted by atomic mass is 16.6. The molecule has 0 heterocycles. The maximum atomic E-state index is 12.9. The molecule has 0 saturated carbocycles. The fourth-order valence-corrected chi connectivity index (χ4v) is 9.64. The van der Waals surface area contributed by atoms with Gasteiger partial charge in [-0.3, -0.25) is 14.4 Å². The number of rotatable bonds is 62. The normalized spacial score (nSPS) is 12.8. The van der Waals surface area contributed by atoms with E-state index in [9.17, 15) is 14.4 Å². The second kappa shape index (κ2) is 68.6. The number of allylic oxidation sites excluding steroid dienone is 18. The SMILES string of the molecule is CC/C=C\C/C=C\C/C=C\C/C=C\C/C=C\CCCCCCCCCCCCCCCCCCCCCC(=O)OCC(COC(=O)CCCCCCC/C=C\CCCC)OC(=O)CCCCCCCCC/C=C\C/C=C\C/C=C\CC. The molecule has 0 fully saturated rings. The van der Waals surface area contributed by atoms with E-state index in [1.165, 1.54) is 167 Å². The molecule has 0 bridgehead atoms. The number of ether oxygens (including phenoxy) is 3. The zero-order chi connectivity index (χ0) is 58.5. The van der Waals surface area contributed by atoms with Crippen molar-refractivity contribution in [3.05, 3.63) is 109 Å². The predicted molar refractivity (Wildman–Crippen MR) is 353 cm³/mol. The maximum absolute atomic E-state index is 12.9. The molecule has 81 heavy (non-hydrogen) atoms. The molecule has 0 aromatic heterocycles. The lowest BCUT2D eigenvalue weighted by Gasteiger charge is -2.18. The molecule has 0 radical (unpaired) electrons. The zero-order valence-electron chi connectivity index (χ0n) is 53.3. The number of hydrogen-bond acceptors (Lipinski definition) is 6. The third kappa shape index (κ3) is 66.8. The molecule has 0 aliphatic carbocycles. The van der Waals surface area contributed by atoms with Crippen molar-refractivity contribution in [3.8, 4) is 0 Å². The summed E-state index contributed by atoms with van der Waals surface area (Å²) in [5.74, 6) is -0.890. The minimum absolute atomic E-state index is 0.0818. The largest absolute Gasteiger partial charge is 0.462 e. The summed E-state index contributed by atoms with van der Waals surface area (Å²) in [6.07, 6.45) is 94.1. The monoisotopic (exact) mass is 1120 g/mol. The van der Waals surface area contributed by atoms with Gasteiger partial charge < -0.3 is 14.2 Å². The van der Waals surface area contributed by atoms with Crippen LogP contribution in [-0.2, 0) is 28.6 Å². The van der Waals surface area contributed by atoms with Crippen LogP contribution in [-0.4, -0.2) is 37.2 Å². The second-order valence-electron chi connectivity index (χ2n) is 22.7. The van der Waals surface area contributed by atoms with Gasteiger partial charge in [0.25, 0.3) is 0 Å². The van der Waals surface area contributed by atoms with Gasteiger partial charge in [-0.25, -0.2) is 0 Å². The first kappa shape index (κ1) is 77.1. The van der Waals surface area contributed by atoms with Crippen molar-refractivity contribution >= 4 is 17.9 Å². The van der Waals surface area contributed by atoms with Crippen LogP contribution in [0.5, 0.6) is 0 Å².